The van der Waals surface area contributed by atoms with E-state index in [9.17, 15) is 4.79 Å². The Morgan fingerprint density at radius 2 is 1.81 bits per heavy atom. The summed E-state index contributed by atoms with van der Waals surface area (Å²) in [5, 5.41) is 0. The van der Waals surface area contributed by atoms with Crippen LogP contribution in [0.5, 0.6) is 0 Å². The molecule has 1 spiro atoms. The molecule has 2 aliphatic rings. The number of benzene rings is 1. The zero-order valence-corrected chi connectivity index (χ0v) is 8.94. The quantitative estimate of drug-likeness (QED) is 0.599. The van der Waals surface area contributed by atoms with Crippen LogP contribution in [0.3, 0.4) is 0 Å². The monoisotopic (exact) mass is 208 g/mol. The van der Waals surface area contributed by atoms with Crippen molar-refractivity contribution in [3.63, 3.8) is 0 Å². The predicted molar refractivity (Wildman–Crippen MR) is 64.3 cm³/mol. The molecular formula is C15H12O. The van der Waals surface area contributed by atoms with Gasteiger partial charge in [-0.15, -0.1) is 0 Å². The highest BCUT2D eigenvalue weighted by Gasteiger charge is 2.38. The Morgan fingerprint density at radius 3 is 2.56 bits per heavy atom. The molecule has 0 radical (unpaired) electrons. The number of allylic oxidation sites excluding steroid dienone is 5. The summed E-state index contributed by atoms with van der Waals surface area (Å²) in [5.41, 5.74) is 3.50. The molecule has 16 heavy (non-hydrogen) atoms. The van der Waals surface area contributed by atoms with Crippen LogP contribution in [0.2, 0.25) is 0 Å². The van der Waals surface area contributed by atoms with Gasteiger partial charge in [-0.25, -0.2) is 0 Å². The summed E-state index contributed by atoms with van der Waals surface area (Å²) in [5.74, 6) is 0.0582. The lowest BCUT2D eigenvalue weighted by atomic mass is 9.76. The number of fused-ring (bicyclic) bond motifs is 2. The number of hydrogen-bond acceptors (Lipinski definition) is 1. The summed E-state index contributed by atoms with van der Waals surface area (Å²) >= 11 is 0. The van der Waals surface area contributed by atoms with Gasteiger partial charge in [0.25, 0.3) is 0 Å². The van der Waals surface area contributed by atoms with Gasteiger partial charge in [0.05, 0.1) is 5.41 Å². The summed E-state index contributed by atoms with van der Waals surface area (Å²) in [6, 6.07) is 8.34. The molecule has 0 saturated carbocycles. The largest absolute Gasteiger partial charge is 0.290 e. The molecule has 0 atom stereocenters. The van der Waals surface area contributed by atoms with Gasteiger partial charge in [0.2, 0.25) is 0 Å². The molecule has 0 unspecified atom stereocenters. The molecule has 1 aromatic carbocycles. The molecule has 3 rings (SSSR count). The Bertz CT molecular complexity index is 530. The summed E-state index contributed by atoms with van der Waals surface area (Å²) in [6.45, 7) is 4.16. The zero-order chi connectivity index (χ0) is 11.2. The molecule has 1 aromatic rings. The topological polar surface area (TPSA) is 17.1 Å². The maximum absolute atomic E-state index is 11.2. The van der Waals surface area contributed by atoms with Crippen LogP contribution in [0.4, 0.5) is 0 Å². The molecule has 0 amide bonds. The number of carbonyl (C=O) groups is 1. The van der Waals surface area contributed by atoms with E-state index in [1.807, 2.05) is 24.3 Å². The summed E-state index contributed by atoms with van der Waals surface area (Å²) < 4.78 is 0. The molecule has 0 saturated heterocycles. The molecule has 0 aromatic heterocycles. The minimum Gasteiger partial charge on any atom is -0.290 e. The fourth-order valence-corrected chi connectivity index (χ4v) is 2.60. The van der Waals surface area contributed by atoms with Crippen LogP contribution in [0.1, 0.15) is 11.1 Å². The highest BCUT2D eigenvalue weighted by atomic mass is 16.1. The highest BCUT2D eigenvalue weighted by molar-refractivity contribution is 6.01. The third-order valence-corrected chi connectivity index (χ3v) is 3.47. The van der Waals surface area contributed by atoms with Gasteiger partial charge in [-0.2, -0.15) is 0 Å². The van der Waals surface area contributed by atoms with Crippen molar-refractivity contribution in [3.8, 4) is 0 Å². The SMILES string of the molecule is C=C1Cc2ccccc2C12C=CC(=O)C=C2. The van der Waals surface area contributed by atoms with Crippen molar-refractivity contribution >= 4 is 5.78 Å². The fraction of sp³-hybridized carbons (Fsp3) is 0.133. The fourth-order valence-electron chi connectivity index (χ4n) is 2.60. The van der Waals surface area contributed by atoms with Crippen molar-refractivity contribution in [2.45, 2.75) is 11.8 Å². The van der Waals surface area contributed by atoms with Crippen molar-refractivity contribution < 1.29 is 4.79 Å². The van der Waals surface area contributed by atoms with Gasteiger partial charge in [-0.3, -0.25) is 4.79 Å². The zero-order valence-electron chi connectivity index (χ0n) is 8.94. The number of ketones is 1. The minimum absolute atomic E-state index is 0.0582. The van der Waals surface area contributed by atoms with Gasteiger partial charge in [0, 0.05) is 0 Å². The van der Waals surface area contributed by atoms with Crippen molar-refractivity contribution in [1.29, 1.82) is 0 Å². The first-order chi connectivity index (χ1) is 7.72. The van der Waals surface area contributed by atoms with Crippen LogP contribution in [-0.4, -0.2) is 5.78 Å². The van der Waals surface area contributed by atoms with Crippen molar-refractivity contribution in [2.75, 3.05) is 0 Å². The third-order valence-electron chi connectivity index (χ3n) is 3.47. The molecule has 1 heteroatoms. The second kappa shape index (κ2) is 3.05. The highest BCUT2D eigenvalue weighted by Crippen LogP contribution is 2.45. The van der Waals surface area contributed by atoms with E-state index < -0.39 is 0 Å². The molecule has 0 bridgehead atoms. The normalized spacial score (nSPS) is 20.5. The van der Waals surface area contributed by atoms with Crippen LogP contribution in [0.15, 0.2) is 60.7 Å². The standard InChI is InChI=1S/C15H12O/c1-11-10-12-4-2-3-5-14(12)15(11)8-6-13(16)7-9-15/h2-9H,1,10H2. The summed E-state index contributed by atoms with van der Waals surface area (Å²) in [7, 11) is 0. The number of rotatable bonds is 0. The molecule has 0 fully saturated rings. The molecule has 2 aliphatic carbocycles. The average Bonchev–Trinajstić information content (AvgIpc) is 2.57. The van der Waals surface area contributed by atoms with Crippen LogP contribution in [0.25, 0.3) is 0 Å². The van der Waals surface area contributed by atoms with Gasteiger partial charge in [-0.1, -0.05) is 48.6 Å². The van der Waals surface area contributed by atoms with Crippen molar-refractivity contribution in [2.24, 2.45) is 0 Å². The minimum atomic E-state index is -0.232. The molecule has 0 N–H and O–H groups in total. The van der Waals surface area contributed by atoms with Crippen LogP contribution in [-0.2, 0) is 16.6 Å². The van der Waals surface area contributed by atoms with Crippen LogP contribution < -0.4 is 0 Å². The Labute approximate surface area is 94.8 Å². The Balaban J connectivity index is 2.22. The van der Waals surface area contributed by atoms with E-state index in [1.54, 1.807) is 12.2 Å². The molecular weight excluding hydrogens is 196 g/mol. The van der Waals surface area contributed by atoms with E-state index in [0.717, 1.165) is 12.0 Å². The Morgan fingerprint density at radius 1 is 1.12 bits per heavy atom. The predicted octanol–water partition coefficient (Wildman–Crippen LogP) is 2.73. The van der Waals surface area contributed by atoms with E-state index in [-0.39, 0.29) is 11.2 Å². The van der Waals surface area contributed by atoms with E-state index in [0.29, 0.717) is 0 Å². The molecule has 0 heterocycles. The third kappa shape index (κ3) is 1.09. The summed E-state index contributed by atoms with van der Waals surface area (Å²) in [4.78, 5) is 11.2. The van der Waals surface area contributed by atoms with E-state index >= 15 is 0 Å². The smallest absolute Gasteiger partial charge is 0.178 e. The Kier molecular flexibility index (Phi) is 1.78. The first-order valence-electron chi connectivity index (χ1n) is 5.41. The maximum Gasteiger partial charge on any atom is 0.178 e. The number of carbonyl (C=O) groups excluding carboxylic acids is 1. The molecule has 78 valence electrons. The lowest BCUT2D eigenvalue weighted by Gasteiger charge is -2.26. The van der Waals surface area contributed by atoms with Gasteiger partial charge < -0.3 is 0 Å². The van der Waals surface area contributed by atoms with Gasteiger partial charge in [0.1, 0.15) is 0 Å². The second-order valence-electron chi connectivity index (χ2n) is 4.38. The number of hydrogen-bond donors (Lipinski definition) is 0. The Hall–Kier alpha value is -1.89. The van der Waals surface area contributed by atoms with Gasteiger partial charge >= 0.3 is 0 Å². The van der Waals surface area contributed by atoms with Gasteiger partial charge in [-0.05, 0) is 29.7 Å². The van der Waals surface area contributed by atoms with Crippen molar-refractivity contribution in [1.82, 2.24) is 0 Å². The van der Waals surface area contributed by atoms with Crippen LogP contribution >= 0.6 is 0 Å². The van der Waals surface area contributed by atoms with Crippen molar-refractivity contribution in [3.05, 3.63) is 71.8 Å². The first-order valence-corrected chi connectivity index (χ1v) is 5.41. The van der Waals surface area contributed by atoms with Crippen LogP contribution in [0, 0.1) is 0 Å². The maximum atomic E-state index is 11.2. The van der Waals surface area contributed by atoms with E-state index in [2.05, 4.69) is 18.7 Å². The molecule has 0 aliphatic heterocycles. The van der Waals surface area contributed by atoms with E-state index in [4.69, 9.17) is 0 Å². The molecule has 1 nitrogen and oxygen atoms in total. The second-order valence-corrected chi connectivity index (χ2v) is 4.38. The average molecular weight is 208 g/mol. The van der Waals surface area contributed by atoms with Gasteiger partial charge in [0.15, 0.2) is 5.78 Å². The lowest BCUT2D eigenvalue weighted by molar-refractivity contribution is -0.110. The lowest BCUT2D eigenvalue weighted by Crippen LogP contribution is -2.22. The van der Waals surface area contributed by atoms with E-state index in [1.165, 1.54) is 11.1 Å². The first kappa shape index (κ1) is 9.34. The summed E-state index contributed by atoms with van der Waals surface area (Å²) in [6.07, 6.45) is 8.15.